The second-order valence-electron chi connectivity index (χ2n) is 8.81. The van der Waals surface area contributed by atoms with Crippen LogP contribution in [0.5, 0.6) is 5.75 Å². The zero-order valence-electron chi connectivity index (χ0n) is 18.4. The summed E-state index contributed by atoms with van der Waals surface area (Å²) in [6.45, 7) is 8.72. The quantitative estimate of drug-likeness (QED) is 0.593. The summed E-state index contributed by atoms with van der Waals surface area (Å²) in [5.41, 5.74) is 4.89. The van der Waals surface area contributed by atoms with Crippen LogP contribution in [0.2, 0.25) is 0 Å². The fourth-order valence-electron chi connectivity index (χ4n) is 4.77. The van der Waals surface area contributed by atoms with E-state index in [1.165, 1.54) is 48.2 Å². The lowest BCUT2D eigenvalue weighted by Gasteiger charge is -2.38. The van der Waals surface area contributed by atoms with Gasteiger partial charge < -0.3 is 9.47 Å². The summed E-state index contributed by atoms with van der Waals surface area (Å²) in [6, 6.07) is 19.2. The molecule has 2 aromatic carbocycles. The van der Waals surface area contributed by atoms with Gasteiger partial charge in [-0.25, -0.2) is 0 Å². The molecular formula is C27H33NO2. The molecule has 3 heteroatoms. The molecule has 0 saturated carbocycles. The average molecular weight is 404 g/mol. The van der Waals surface area contributed by atoms with E-state index in [9.17, 15) is 0 Å². The topological polar surface area (TPSA) is 21.7 Å². The number of allylic oxidation sites excluding steroid dienone is 2. The number of rotatable bonds is 7. The van der Waals surface area contributed by atoms with Crippen molar-refractivity contribution >= 4 is 11.1 Å². The Labute approximate surface area is 181 Å². The summed E-state index contributed by atoms with van der Waals surface area (Å²) in [6.07, 6.45) is 7.08. The van der Waals surface area contributed by atoms with Gasteiger partial charge in [-0.15, -0.1) is 0 Å². The van der Waals surface area contributed by atoms with Crippen LogP contribution in [0.1, 0.15) is 37.8 Å². The summed E-state index contributed by atoms with van der Waals surface area (Å²) in [5, 5.41) is 0. The van der Waals surface area contributed by atoms with E-state index in [1.807, 2.05) is 0 Å². The number of ether oxygens (including phenoxy) is 2. The fourth-order valence-corrected chi connectivity index (χ4v) is 4.77. The van der Waals surface area contributed by atoms with Crippen molar-refractivity contribution in [3.05, 3.63) is 77.9 Å². The number of hydrogen-bond donors (Lipinski definition) is 0. The van der Waals surface area contributed by atoms with E-state index in [2.05, 4.69) is 85.5 Å². The Morgan fingerprint density at radius 1 is 0.933 bits per heavy atom. The van der Waals surface area contributed by atoms with Crippen LogP contribution in [-0.2, 0) is 4.74 Å². The van der Waals surface area contributed by atoms with Crippen LogP contribution in [0.25, 0.3) is 11.1 Å². The molecule has 4 rings (SSSR count). The van der Waals surface area contributed by atoms with Gasteiger partial charge in [0.2, 0.25) is 0 Å². The van der Waals surface area contributed by atoms with Gasteiger partial charge in [-0.05, 0) is 60.3 Å². The van der Waals surface area contributed by atoms with Gasteiger partial charge in [-0.2, -0.15) is 0 Å². The number of methoxy groups -OCH3 is 1. The normalized spacial score (nSPS) is 21.2. The highest BCUT2D eigenvalue weighted by Crippen LogP contribution is 2.47. The minimum Gasteiger partial charge on any atom is -0.492 e. The predicted octanol–water partition coefficient (Wildman–Crippen LogP) is 5.68. The van der Waals surface area contributed by atoms with E-state index in [1.54, 1.807) is 7.11 Å². The third-order valence-electron chi connectivity index (χ3n) is 6.42. The van der Waals surface area contributed by atoms with Crippen LogP contribution in [0.4, 0.5) is 0 Å². The summed E-state index contributed by atoms with van der Waals surface area (Å²) >= 11 is 0. The second-order valence-corrected chi connectivity index (χ2v) is 8.81. The van der Waals surface area contributed by atoms with E-state index in [-0.39, 0.29) is 11.5 Å². The third kappa shape index (κ3) is 4.38. The summed E-state index contributed by atoms with van der Waals surface area (Å²) in [5.74, 6) is 0.939. The third-order valence-corrected chi connectivity index (χ3v) is 6.42. The van der Waals surface area contributed by atoms with Gasteiger partial charge in [0.1, 0.15) is 12.4 Å². The van der Waals surface area contributed by atoms with Gasteiger partial charge in [0, 0.05) is 19.1 Å². The Balaban J connectivity index is 1.58. The van der Waals surface area contributed by atoms with Crippen LogP contribution in [-0.4, -0.2) is 44.4 Å². The van der Waals surface area contributed by atoms with Crippen LogP contribution >= 0.6 is 0 Å². The minimum atomic E-state index is -0.134. The first-order chi connectivity index (χ1) is 14.6. The maximum Gasteiger partial charge on any atom is 0.119 e. The van der Waals surface area contributed by atoms with Crippen molar-refractivity contribution in [3.8, 4) is 5.75 Å². The molecule has 0 N–H and O–H groups in total. The molecule has 0 bridgehead atoms. The summed E-state index contributed by atoms with van der Waals surface area (Å²) in [4.78, 5) is 2.48. The van der Waals surface area contributed by atoms with Crippen molar-refractivity contribution < 1.29 is 9.47 Å². The molecule has 158 valence electrons. The van der Waals surface area contributed by atoms with Crippen molar-refractivity contribution in [1.29, 1.82) is 0 Å². The monoisotopic (exact) mass is 403 g/mol. The molecule has 0 spiro atoms. The molecule has 0 amide bonds. The van der Waals surface area contributed by atoms with Crippen molar-refractivity contribution in [3.63, 3.8) is 0 Å². The zero-order chi connectivity index (χ0) is 21.0. The van der Waals surface area contributed by atoms with E-state index in [4.69, 9.17) is 9.47 Å². The molecule has 1 atom stereocenters. The van der Waals surface area contributed by atoms with Gasteiger partial charge in [-0.1, -0.05) is 68.5 Å². The van der Waals surface area contributed by atoms with E-state index in [0.717, 1.165) is 18.9 Å². The first-order valence-corrected chi connectivity index (χ1v) is 11.1. The minimum absolute atomic E-state index is 0.0460. The fraction of sp³-hybridized carbons (Fsp3) is 0.407. The number of benzene rings is 2. The lowest BCUT2D eigenvalue weighted by Crippen LogP contribution is -2.33. The maximum absolute atomic E-state index is 6.00. The Morgan fingerprint density at radius 3 is 2.30 bits per heavy atom. The Hall–Kier alpha value is -2.36. The smallest absolute Gasteiger partial charge is 0.119 e. The standard InChI is InChI=1S/C27H33NO2/c1-27(2)25(29-3)16-15-24(26(27)22-9-5-4-6-10-22)21-11-13-23(14-12-21)30-20-19-28-17-7-8-18-28/h4-6,9-16,25H,7-8,17-20H2,1-3H3. The Morgan fingerprint density at radius 2 is 1.63 bits per heavy atom. The molecule has 0 aromatic heterocycles. The van der Waals surface area contributed by atoms with Crippen LogP contribution in [0.15, 0.2) is 66.7 Å². The van der Waals surface area contributed by atoms with E-state index in [0.29, 0.717) is 0 Å². The molecule has 30 heavy (non-hydrogen) atoms. The Kier molecular flexibility index (Phi) is 6.40. The van der Waals surface area contributed by atoms with Crippen molar-refractivity contribution in [2.24, 2.45) is 5.41 Å². The largest absolute Gasteiger partial charge is 0.492 e. The van der Waals surface area contributed by atoms with Gasteiger partial charge in [-0.3, -0.25) is 4.90 Å². The highest BCUT2D eigenvalue weighted by Gasteiger charge is 2.37. The molecule has 1 fully saturated rings. The first-order valence-electron chi connectivity index (χ1n) is 11.1. The maximum atomic E-state index is 6.00. The number of hydrogen-bond acceptors (Lipinski definition) is 3. The average Bonchev–Trinajstić information content (AvgIpc) is 3.27. The molecule has 1 aliphatic heterocycles. The van der Waals surface area contributed by atoms with Gasteiger partial charge in [0.15, 0.2) is 0 Å². The first kappa shape index (κ1) is 20.9. The van der Waals surface area contributed by atoms with Crippen molar-refractivity contribution in [2.45, 2.75) is 32.8 Å². The molecule has 1 saturated heterocycles. The zero-order valence-corrected chi connectivity index (χ0v) is 18.4. The van der Waals surface area contributed by atoms with Crippen LogP contribution in [0.3, 0.4) is 0 Å². The summed E-state index contributed by atoms with van der Waals surface area (Å²) < 4.78 is 11.8. The highest BCUT2D eigenvalue weighted by atomic mass is 16.5. The van der Waals surface area contributed by atoms with Crippen molar-refractivity contribution in [1.82, 2.24) is 4.90 Å². The predicted molar refractivity (Wildman–Crippen MR) is 125 cm³/mol. The second kappa shape index (κ2) is 9.20. The van der Waals surface area contributed by atoms with Crippen molar-refractivity contribution in [2.75, 3.05) is 33.4 Å². The SMILES string of the molecule is COC1C=CC(c2ccc(OCCN3CCCC3)cc2)=C(c2ccccc2)C1(C)C. The van der Waals surface area contributed by atoms with Gasteiger partial charge in [0.25, 0.3) is 0 Å². The molecule has 2 aromatic rings. The molecule has 1 aliphatic carbocycles. The molecule has 1 unspecified atom stereocenters. The molecule has 3 nitrogen and oxygen atoms in total. The van der Waals surface area contributed by atoms with E-state index >= 15 is 0 Å². The molecular weight excluding hydrogens is 370 g/mol. The Bertz CT molecular complexity index is 890. The lowest BCUT2D eigenvalue weighted by atomic mass is 9.69. The van der Waals surface area contributed by atoms with Gasteiger partial charge in [0.05, 0.1) is 6.10 Å². The molecule has 1 heterocycles. The molecule has 2 aliphatic rings. The van der Waals surface area contributed by atoms with Gasteiger partial charge >= 0.3 is 0 Å². The summed E-state index contributed by atoms with van der Waals surface area (Å²) in [7, 11) is 1.79. The van der Waals surface area contributed by atoms with Crippen LogP contribution < -0.4 is 4.74 Å². The van der Waals surface area contributed by atoms with Crippen LogP contribution in [0, 0.1) is 5.41 Å². The molecule has 0 radical (unpaired) electrons. The number of likely N-dealkylation sites (tertiary alicyclic amines) is 1. The number of nitrogens with zero attached hydrogens (tertiary/aromatic N) is 1. The highest BCUT2D eigenvalue weighted by molar-refractivity contribution is 5.99. The van der Waals surface area contributed by atoms with E-state index < -0.39 is 0 Å². The lowest BCUT2D eigenvalue weighted by molar-refractivity contribution is 0.0730.